The van der Waals surface area contributed by atoms with E-state index < -0.39 is 11.9 Å². The van der Waals surface area contributed by atoms with Crippen LogP contribution in [0.5, 0.6) is 11.5 Å². The first-order valence-electron chi connectivity index (χ1n) is 14.0. The maximum atomic E-state index is 11.1. The van der Waals surface area contributed by atoms with E-state index in [9.17, 15) is 9.59 Å². The fraction of sp³-hybridized carbons (Fsp3) is 0.243. The minimum Gasteiger partial charge on any atom is -0.493 e. The van der Waals surface area contributed by atoms with Gasteiger partial charge in [-0.3, -0.25) is 0 Å². The molecular formula is C37H36O6. The van der Waals surface area contributed by atoms with Crippen LogP contribution in [0.2, 0.25) is 0 Å². The molecule has 0 spiro atoms. The average molecular weight is 577 g/mol. The molecule has 6 nitrogen and oxygen atoms in total. The van der Waals surface area contributed by atoms with Crippen molar-refractivity contribution in [3.63, 3.8) is 0 Å². The van der Waals surface area contributed by atoms with Crippen LogP contribution in [0.1, 0.15) is 51.8 Å². The second-order valence-electron chi connectivity index (χ2n) is 9.63. The van der Waals surface area contributed by atoms with Gasteiger partial charge in [-0.1, -0.05) is 36.8 Å². The summed E-state index contributed by atoms with van der Waals surface area (Å²) in [5.74, 6) is 13.7. The summed E-state index contributed by atoms with van der Waals surface area (Å²) in [4.78, 5) is 22.1. The Morgan fingerprint density at radius 1 is 0.605 bits per heavy atom. The number of ether oxygens (including phenoxy) is 4. The third kappa shape index (κ3) is 10.9. The van der Waals surface area contributed by atoms with Gasteiger partial charge >= 0.3 is 11.9 Å². The quantitative estimate of drug-likeness (QED) is 0.107. The van der Waals surface area contributed by atoms with Gasteiger partial charge in [0, 0.05) is 47.2 Å². The third-order valence-electron chi connectivity index (χ3n) is 6.23. The van der Waals surface area contributed by atoms with Crippen molar-refractivity contribution in [3.8, 4) is 35.2 Å². The molecule has 220 valence electrons. The van der Waals surface area contributed by atoms with E-state index >= 15 is 0 Å². The lowest BCUT2D eigenvalue weighted by atomic mass is 10.0. The summed E-state index contributed by atoms with van der Waals surface area (Å²) in [6.45, 7) is 14.2. The van der Waals surface area contributed by atoms with E-state index in [1.807, 2.05) is 75.4 Å². The first-order valence-corrected chi connectivity index (χ1v) is 14.0. The Labute approximate surface area is 254 Å². The highest BCUT2D eigenvalue weighted by atomic mass is 16.5. The Morgan fingerprint density at radius 2 is 1.02 bits per heavy atom. The Morgan fingerprint density at radius 3 is 1.44 bits per heavy atom. The monoisotopic (exact) mass is 576 g/mol. The largest absolute Gasteiger partial charge is 0.493 e. The molecule has 0 aliphatic rings. The van der Waals surface area contributed by atoms with Gasteiger partial charge in [-0.25, -0.2) is 9.59 Å². The van der Waals surface area contributed by atoms with Gasteiger partial charge in [0.25, 0.3) is 0 Å². The number of esters is 2. The number of carbonyl (C=O) groups excluding carboxylic acids is 2. The van der Waals surface area contributed by atoms with Crippen molar-refractivity contribution in [2.24, 2.45) is 0 Å². The first-order chi connectivity index (χ1) is 20.8. The summed E-state index contributed by atoms with van der Waals surface area (Å²) in [5.41, 5.74) is 6.79. The number of hydrogen-bond donors (Lipinski definition) is 0. The molecule has 0 bridgehead atoms. The fourth-order valence-corrected chi connectivity index (χ4v) is 3.85. The highest BCUT2D eigenvalue weighted by molar-refractivity contribution is 5.81. The molecule has 3 aromatic carbocycles. The molecule has 6 heteroatoms. The number of aryl methyl sites for hydroxylation is 3. The van der Waals surface area contributed by atoms with Gasteiger partial charge in [0.15, 0.2) is 0 Å². The minimum absolute atomic E-state index is 0.291. The molecule has 0 saturated heterocycles. The lowest BCUT2D eigenvalue weighted by molar-refractivity contribution is -0.138. The van der Waals surface area contributed by atoms with Gasteiger partial charge in [-0.15, -0.1) is 0 Å². The van der Waals surface area contributed by atoms with Gasteiger partial charge < -0.3 is 18.9 Å². The number of rotatable bonds is 12. The molecule has 0 heterocycles. The van der Waals surface area contributed by atoms with Crippen LogP contribution >= 0.6 is 0 Å². The van der Waals surface area contributed by atoms with Crippen LogP contribution in [-0.2, 0) is 19.1 Å². The van der Waals surface area contributed by atoms with Crippen molar-refractivity contribution >= 4 is 11.9 Å². The van der Waals surface area contributed by atoms with E-state index in [0.29, 0.717) is 39.3 Å². The normalized spacial score (nSPS) is 9.84. The van der Waals surface area contributed by atoms with E-state index in [4.69, 9.17) is 18.9 Å². The summed E-state index contributed by atoms with van der Waals surface area (Å²) in [6, 6.07) is 17.6. The average Bonchev–Trinajstić information content (AvgIpc) is 3.00. The molecule has 0 atom stereocenters. The van der Waals surface area contributed by atoms with Crippen LogP contribution in [-0.4, -0.2) is 38.4 Å². The molecule has 0 aliphatic heterocycles. The first kappa shape index (κ1) is 32.3. The molecule has 0 fully saturated rings. The van der Waals surface area contributed by atoms with Crippen molar-refractivity contribution in [1.82, 2.24) is 0 Å². The zero-order valence-corrected chi connectivity index (χ0v) is 25.0. The van der Waals surface area contributed by atoms with Crippen LogP contribution in [0.3, 0.4) is 0 Å². The van der Waals surface area contributed by atoms with Gasteiger partial charge in [0.05, 0.1) is 26.4 Å². The standard InChI is InChI=1S/C37H36O6/c1-6-36(38)42-22-8-20-40-34-18-16-32(28(4)25-34)13-11-30-10-12-31(27(3)24-30)14-15-33-17-19-35(26-29(33)5)41-21-9-23-43-37(39)7-2/h6-7,10,12,16-19,24-26H,1-2,8-9,20-23H2,3-5H3. The Bertz CT molecular complexity index is 1590. The topological polar surface area (TPSA) is 71.1 Å². The molecule has 0 amide bonds. The molecule has 0 aromatic heterocycles. The Kier molecular flexibility index (Phi) is 12.7. The Hall–Kier alpha value is -5.20. The van der Waals surface area contributed by atoms with Gasteiger partial charge in [0.2, 0.25) is 0 Å². The van der Waals surface area contributed by atoms with E-state index in [1.54, 1.807) is 0 Å². The van der Waals surface area contributed by atoms with Crippen LogP contribution in [0, 0.1) is 44.5 Å². The predicted octanol–water partition coefficient (Wildman–Crippen LogP) is 6.41. The van der Waals surface area contributed by atoms with Crippen molar-refractivity contribution in [1.29, 1.82) is 0 Å². The summed E-state index contributed by atoms with van der Waals surface area (Å²) in [5, 5.41) is 0. The maximum Gasteiger partial charge on any atom is 0.330 e. The summed E-state index contributed by atoms with van der Waals surface area (Å²) in [6.07, 6.45) is 3.49. The van der Waals surface area contributed by atoms with Crippen LogP contribution in [0.25, 0.3) is 0 Å². The van der Waals surface area contributed by atoms with E-state index in [-0.39, 0.29) is 0 Å². The van der Waals surface area contributed by atoms with E-state index in [1.165, 1.54) is 0 Å². The molecule has 0 radical (unpaired) electrons. The molecule has 43 heavy (non-hydrogen) atoms. The lowest BCUT2D eigenvalue weighted by Crippen LogP contribution is -2.06. The van der Waals surface area contributed by atoms with Crippen molar-refractivity contribution in [2.45, 2.75) is 33.6 Å². The SMILES string of the molecule is C=CC(=O)OCCCOc1ccc(C#Cc2ccc(C#Cc3ccc(OCCCOC(=O)C=C)cc3C)c(C)c2)c(C)c1. The summed E-state index contributed by atoms with van der Waals surface area (Å²) in [7, 11) is 0. The number of benzene rings is 3. The molecule has 0 N–H and O–H groups in total. The van der Waals surface area contributed by atoms with Crippen LogP contribution < -0.4 is 9.47 Å². The van der Waals surface area contributed by atoms with Crippen molar-refractivity contribution in [3.05, 3.63) is 119 Å². The second-order valence-corrected chi connectivity index (χ2v) is 9.63. The molecular weight excluding hydrogens is 540 g/mol. The number of hydrogen-bond acceptors (Lipinski definition) is 6. The molecule has 0 unspecified atom stereocenters. The van der Waals surface area contributed by atoms with Gasteiger partial charge in [-0.05, 0) is 92.1 Å². The maximum absolute atomic E-state index is 11.1. The second kappa shape index (κ2) is 16.9. The van der Waals surface area contributed by atoms with E-state index in [2.05, 4.69) is 36.8 Å². The smallest absolute Gasteiger partial charge is 0.330 e. The van der Waals surface area contributed by atoms with Crippen molar-refractivity contribution < 1.29 is 28.5 Å². The zero-order chi connectivity index (χ0) is 31.0. The van der Waals surface area contributed by atoms with Crippen molar-refractivity contribution in [2.75, 3.05) is 26.4 Å². The third-order valence-corrected chi connectivity index (χ3v) is 6.23. The summed E-state index contributed by atoms with van der Waals surface area (Å²) < 4.78 is 21.4. The molecule has 3 aromatic rings. The highest BCUT2D eigenvalue weighted by Crippen LogP contribution is 2.19. The number of carbonyl (C=O) groups is 2. The molecule has 3 rings (SSSR count). The minimum atomic E-state index is -0.430. The highest BCUT2D eigenvalue weighted by Gasteiger charge is 2.03. The predicted molar refractivity (Wildman–Crippen MR) is 168 cm³/mol. The van der Waals surface area contributed by atoms with Gasteiger partial charge in [-0.2, -0.15) is 0 Å². The zero-order valence-electron chi connectivity index (χ0n) is 25.0. The van der Waals surface area contributed by atoms with Gasteiger partial charge in [0.1, 0.15) is 11.5 Å². The molecule has 0 aliphatic carbocycles. The van der Waals surface area contributed by atoms with E-state index in [0.717, 1.165) is 62.6 Å². The lowest BCUT2D eigenvalue weighted by Gasteiger charge is -2.08. The fourth-order valence-electron chi connectivity index (χ4n) is 3.85. The van der Waals surface area contributed by atoms with Crippen LogP contribution in [0.15, 0.2) is 79.9 Å². The Balaban J connectivity index is 1.55. The molecule has 0 saturated carbocycles. The summed E-state index contributed by atoms with van der Waals surface area (Å²) >= 11 is 0. The van der Waals surface area contributed by atoms with Crippen LogP contribution in [0.4, 0.5) is 0 Å².